The number of halogens is 3. The van der Waals surface area contributed by atoms with Crippen molar-refractivity contribution in [1.29, 1.82) is 0 Å². The van der Waals surface area contributed by atoms with E-state index in [-0.39, 0.29) is 24.2 Å². The highest BCUT2D eigenvalue weighted by atomic mass is 19.4. The van der Waals surface area contributed by atoms with Gasteiger partial charge >= 0.3 is 6.18 Å². The van der Waals surface area contributed by atoms with Gasteiger partial charge in [0.25, 0.3) is 0 Å². The van der Waals surface area contributed by atoms with E-state index in [1.165, 1.54) is 0 Å². The molecule has 0 aromatic carbocycles. The highest BCUT2D eigenvalue weighted by molar-refractivity contribution is 5.49. The Morgan fingerprint density at radius 1 is 1.26 bits per heavy atom. The predicted molar refractivity (Wildman–Crippen MR) is 68.1 cm³/mol. The lowest BCUT2D eigenvalue weighted by Gasteiger charge is -2.14. The third kappa shape index (κ3) is 4.94. The van der Waals surface area contributed by atoms with Crippen molar-refractivity contribution in [3.63, 3.8) is 0 Å². The molecule has 0 aliphatic rings. The number of aromatic nitrogens is 1. The van der Waals surface area contributed by atoms with Crippen LogP contribution in [0.25, 0.3) is 0 Å². The Morgan fingerprint density at radius 3 is 2.32 bits per heavy atom. The van der Waals surface area contributed by atoms with Gasteiger partial charge in [-0.3, -0.25) is 0 Å². The maximum Gasteiger partial charge on any atom is 0.416 e. The molecular formula is C12H18F3N3O. The molecule has 1 rings (SSSR count). The number of alkyl halides is 3. The zero-order valence-corrected chi connectivity index (χ0v) is 10.9. The van der Waals surface area contributed by atoms with Gasteiger partial charge in [-0.1, -0.05) is 6.92 Å². The van der Waals surface area contributed by atoms with Crippen LogP contribution in [0.3, 0.4) is 0 Å². The van der Waals surface area contributed by atoms with Crippen LogP contribution in [0.4, 0.5) is 24.8 Å². The molecule has 0 radical (unpaired) electrons. The molecule has 1 heterocycles. The number of anilines is 2. The smallest absolute Gasteiger partial charge is 0.396 e. The van der Waals surface area contributed by atoms with Crippen LogP contribution in [-0.4, -0.2) is 29.8 Å². The average Bonchev–Trinajstić information content (AvgIpc) is 2.35. The van der Waals surface area contributed by atoms with Gasteiger partial charge < -0.3 is 15.7 Å². The molecule has 0 saturated carbocycles. The van der Waals surface area contributed by atoms with E-state index in [0.717, 1.165) is 12.1 Å². The highest BCUT2D eigenvalue weighted by Crippen LogP contribution is 2.32. The van der Waals surface area contributed by atoms with Crippen molar-refractivity contribution < 1.29 is 18.3 Å². The van der Waals surface area contributed by atoms with Crippen LogP contribution >= 0.6 is 0 Å². The number of hydrogen-bond acceptors (Lipinski definition) is 4. The average molecular weight is 277 g/mol. The summed E-state index contributed by atoms with van der Waals surface area (Å²) >= 11 is 0. The molecule has 3 N–H and O–H groups in total. The van der Waals surface area contributed by atoms with Crippen molar-refractivity contribution in [2.75, 3.05) is 30.3 Å². The molecular weight excluding hydrogens is 259 g/mol. The van der Waals surface area contributed by atoms with Gasteiger partial charge in [-0.25, -0.2) is 4.98 Å². The van der Waals surface area contributed by atoms with Gasteiger partial charge in [0.1, 0.15) is 11.6 Å². The second kappa shape index (κ2) is 6.60. The molecule has 1 atom stereocenters. The van der Waals surface area contributed by atoms with E-state index in [1.54, 1.807) is 13.8 Å². The van der Waals surface area contributed by atoms with Crippen molar-refractivity contribution in [2.24, 2.45) is 5.92 Å². The van der Waals surface area contributed by atoms with Crippen LogP contribution in [0.1, 0.15) is 19.4 Å². The van der Waals surface area contributed by atoms with Gasteiger partial charge in [-0.05, 0) is 25.0 Å². The minimum absolute atomic E-state index is 0.0357. The van der Waals surface area contributed by atoms with Crippen molar-refractivity contribution in [3.05, 3.63) is 17.7 Å². The number of nitrogens with zero attached hydrogens (tertiary/aromatic N) is 1. The maximum atomic E-state index is 12.7. The lowest BCUT2D eigenvalue weighted by Crippen LogP contribution is -2.16. The molecule has 4 nitrogen and oxygen atoms in total. The van der Waals surface area contributed by atoms with Crippen LogP contribution in [0.15, 0.2) is 12.1 Å². The van der Waals surface area contributed by atoms with E-state index in [9.17, 15) is 13.2 Å². The Balaban J connectivity index is 2.93. The molecule has 0 spiro atoms. The van der Waals surface area contributed by atoms with Crippen LogP contribution in [0, 0.1) is 5.92 Å². The molecule has 0 bridgehead atoms. The van der Waals surface area contributed by atoms with Gasteiger partial charge in [0.15, 0.2) is 0 Å². The van der Waals surface area contributed by atoms with E-state index >= 15 is 0 Å². The van der Waals surface area contributed by atoms with Crippen molar-refractivity contribution >= 4 is 11.6 Å². The quantitative estimate of drug-likeness (QED) is 0.748. The van der Waals surface area contributed by atoms with Crippen LogP contribution in [0.2, 0.25) is 0 Å². The number of aliphatic hydroxyl groups is 1. The Labute approximate surface area is 110 Å². The molecule has 19 heavy (non-hydrogen) atoms. The van der Waals surface area contributed by atoms with Crippen LogP contribution in [0.5, 0.6) is 0 Å². The normalized spacial score (nSPS) is 13.2. The first-order valence-corrected chi connectivity index (χ1v) is 6.04. The molecule has 0 aliphatic carbocycles. The zero-order valence-electron chi connectivity index (χ0n) is 10.9. The summed E-state index contributed by atoms with van der Waals surface area (Å²) in [4.78, 5) is 4.04. The van der Waals surface area contributed by atoms with Gasteiger partial charge in [0.05, 0.1) is 5.56 Å². The summed E-state index contributed by atoms with van der Waals surface area (Å²) in [6, 6.07) is 1.94. The highest BCUT2D eigenvalue weighted by Gasteiger charge is 2.31. The van der Waals surface area contributed by atoms with Gasteiger partial charge in [-0.2, -0.15) is 13.2 Å². The van der Waals surface area contributed by atoms with Gasteiger partial charge in [-0.15, -0.1) is 0 Å². The molecule has 1 aromatic heterocycles. The summed E-state index contributed by atoms with van der Waals surface area (Å²) in [5, 5.41) is 14.4. The lowest BCUT2D eigenvalue weighted by molar-refractivity contribution is -0.137. The van der Waals surface area contributed by atoms with Crippen LogP contribution in [-0.2, 0) is 6.18 Å². The van der Waals surface area contributed by atoms with Crippen molar-refractivity contribution in [2.45, 2.75) is 20.0 Å². The number of nitrogens with one attached hydrogen (secondary N) is 2. The van der Waals surface area contributed by atoms with Crippen LogP contribution < -0.4 is 10.6 Å². The van der Waals surface area contributed by atoms with E-state index in [2.05, 4.69) is 15.6 Å². The minimum atomic E-state index is -4.41. The summed E-state index contributed by atoms with van der Waals surface area (Å²) in [7, 11) is 0. The maximum absolute atomic E-state index is 12.7. The summed E-state index contributed by atoms with van der Waals surface area (Å²) in [6.45, 7) is 4.37. The second-order valence-electron chi connectivity index (χ2n) is 4.32. The minimum Gasteiger partial charge on any atom is -0.396 e. The molecule has 7 heteroatoms. The molecule has 0 amide bonds. The molecule has 1 aromatic rings. The van der Waals surface area contributed by atoms with Gasteiger partial charge in [0.2, 0.25) is 0 Å². The fraction of sp³-hybridized carbons (Fsp3) is 0.583. The number of aliphatic hydroxyl groups excluding tert-OH is 1. The fourth-order valence-corrected chi connectivity index (χ4v) is 1.40. The largest absolute Gasteiger partial charge is 0.416 e. The predicted octanol–water partition coefficient (Wildman–Crippen LogP) is 2.57. The number of hydrogen-bond donors (Lipinski definition) is 3. The lowest BCUT2D eigenvalue weighted by atomic mass is 10.2. The first-order valence-electron chi connectivity index (χ1n) is 6.04. The van der Waals surface area contributed by atoms with E-state index < -0.39 is 11.7 Å². The molecule has 0 fully saturated rings. The summed E-state index contributed by atoms with van der Waals surface area (Å²) in [6.07, 6.45) is -4.41. The third-order valence-electron chi connectivity index (χ3n) is 2.45. The molecule has 0 saturated heterocycles. The Kier molecular flexibility index (Phi) is 5.41. The third-order valence-corrected chi connectivity index (χ3v) is 2.45. The first-order chi connectivity index (χ1) is 8.86. The molecule has 0 aliphatic heterocycles. The Hall–Kier alpha value is -1.50. The Morgan fingerprint density at radius 2 is 1.84 bits per heavy atom. The van der Waals surface area contributed by atoms with E-state index in [1.807, 2.05) is 0 Å². The Bertz CT molecular complexity index is 410. The number of pyridine rings is 1. The molecule has 1 unspecified atom stereocenters. The molecule has 108 valence electrons. The second-order valence-corrected chi connectivity index (χ2v) is 4.32. The summed E-state index contributed by atoms with van der Waals surface area (Å²) < 4.78 is 38.2. The monoisotopic (exact) mass is 277 g/mol. The van der Waals surface area contributed by atoms with E-state index in [4.69, 9.17) is 5.11 Å². The summed E-state index contributed by atoms with van der Waals surface area (Å²) in [5.74, 6) is 0.265. The van der Waals surface area contributed by atoms with Crippen molar-refractivity contribution in [3.8, 4) is 0 Å². The van der Waals surface area contributed by atoms with Crippen molar-refractivity contribution in [1.82, 2.24) is 4.98 Å². The van der Waals surface area contributed by atoms with E-state index in [0.29, 0.717) is 13.1 Å². The van der Waals surface area contributed by atoms with Gasteiger partial charge in [0, 0.05) is 19.7 Å². The fourth-order valence-electron chi connectivity index (χ4n) is 1.40. The standard InChI is InChI=1S/C12H18F3N3O/c1-3-16-10-4-9(12(13,14)15)5-11(18-10)17-6-8(2)7-19/h4-5,8,19H,3,6-7H2,1-2H3,(H2,16,17,18). The topological polar surface area (TPSA) is 57.2 Å². The summed E-state index contributed by atoms with van der Waals surface area (Å²) in [5.41, 5.74) is -0.752. The zero-order chi connectivity index (χ0) is 14.5. The SMILES string of the molecule is CCNc1cc(C(F)(F)F)cc(NCC(C)CO)n1. The first kappa shape index (κ1) is 15.6. The number of rotatable bonds is 6.